The number of benzene rings is 1. The summed E-state index contributed by atoms with van der Waals surface area (Å²) in [6.07, 6.45) is 1.97. The highest BCUT2D eigenvalue weighted by molar-refractivity contribution is 7.15. The van der Waals surface area contributed by atoms with Crippen LogP contribution in [-0.4, -0.2) is 39.5 Å². The second kappa shape index (κ2) is 7.87. The molecule has 0 spiro atoms. The topological polar surface area (TPSA) is 88.4 Å². The normalized spacial score (nSPS) is 10.7. The molecule has 3 aromatic rings. The molecule has 2 amide bonds. The van der Waals surface area contributed by atoms with Gasteiger partial charge in [0, 0.05) is 30.5 Å². The molecule has 9 heteroatoms. The standard InChI is InChI=1S/C17H16FN5O2S/c1-2-7-19-15(24)16(25)20-8-6-13-10-26-17-21-14(22-23(13)17)11-4-3-5-12(18)9-11/h2-5,9-10H,1,6-8H2,(H,19,24)(H,20,25). The number of nitrogens with one attached hydrogen (secondary N) is 2. The second-order valence-corrected chi connectivity index (χ2v) is 6.21. The Bertz CT molecular complexity index is 965. The number of thiazole rings is 1. The van der Waals surface area contributed by atoms with Gasteiger partial charge in [-0.1, -0.05) is 18.2 Å². The predicted molar refractivity (Wildman–Crippen MR) is 96.2 cm³/mol. The SMILES string of the molecule is C=CCNC(=O)C(=O)NCCc1csc2nc(-c3cccc(F)c3)nn12. The Balaban J connectivity index is 1.65. The summed E-state index contributed by atoms with van der Waals surface area (Å²) >= 11 is 1.40. The van der Waals surface area contributed by atoms with Crippen LogP contribution in [0.2, 0.25) is 0 Å². The minimum atomic E-state index is -0.700. The Morgan fingerprint density at radius 3 is 2.88 bits per heavy atom. The van der Waals surface area contributed by atoms with Crippen LogP contribution in [-0.2, 0) is 16.0 Å². The summed E-state index contributed by atoms with van der Waals surface area (Å²) in [5.74, 6) is -1.31. The van der Waals surface area contributed by atoms with Crippen molar-refractivity contribution in [3.8, 4) is 11.4 Å². The van der Waals surface area contributed by atoms with E-state index in [9.17, 15) is 14.0 Å². The minimum Gasteiger partial charge on any atom is -0.347 e. The molecule has 1 aromatic carbocycles. The van der Waals surface area contributed by atoms with E-state index in [4.69, 9.17) is 0 Å². The average Bonchev–Trinajstić information content (AvgIpc) is 3.21. The number of fused-ring (bicyclic) bond motifs is 1. The van der Waals surface area contributed by atoms with E-state index < -0.39 is 11.8 Å². The Morgan fingerprint density at radius 2 is 2.12 bits per heavy atom. The van der Waals surface area contributed by atoms with Crippen LogP contribution in [0.4, 0.5) is 4.39 Å². The molecule has 0 aliphatic carbocycles. The van der Waals surface area contributed by atoms with Crippen LogP contribution in [0.25, 0.3) is 16.3 Å². The molecule has 0 unspecified atom stereocenters. The van der Waals surface area contributed by atoms with Gasteiger partial charge in [0.05, 0.1) is 5.69 Å². The van der Waals surface area contributed by atoms with Gasteiger partial charge in [0.1, 0.15) is 5.82 Å². The van der Waals surface area contributed by atoms with Crippen LogP contribution in [0.15, 0.2) is 42.3 Å². The lowest BCUT2D eigenvalue weighted by Gasteiger charge is -2.04. The molecule has 0 atom stereocenters. The van der Waals surface area contributed by atoms with Gasteiger partial charge in [-0.05, 0) is 12.1 Å². The Labute approximate surface area is 152 Å². The quantitative estimate of drug-likeness (QED) is 0.507. The molecule has 0 aliphatic heterocycles. The van der Waals surface area contributed by atoms with Gasteiger partial charge < -0.3 is 10.6 Å². The number of hydrogen-bond acceptors (Lipinski definition) is 5. The summed E-state index contributed by atoms with van der Waals surface area (Å²) in [5, 5.41) is 11.2. The van der Waals surface area contributed by atoms with E-state index in [-0.39, 0.29) is 18.9 Å². The molecule has 3 rings (SSSR count). The van der Waals surface area contributed by atoms with Crippen LogP contribution in [0.1, 0.15) is 5.69 Å². The van der Waals surface area contributed by atoms with Gasteiger partial charge in [0.15, 0.2) is 5.82 Å². The fraction of sp³-hybridized carbons (Fsp3) is 0.176. The number of hydrogen-bond donors (Lipinski definition) is 2. The maximum absolute atomic E-state index is 13.4. The molecule has 2 aromatic heterocycles. The van der Waals surface area contributed by atoms with Crippen molar-refractivity contribution < 1.29 is 14.0 Å². The monoisotopic (exact) mass is 373 g/mol. The van der Waals surface area contributed by atoms with Crippen molar-refractivity contribution in [2.24, 2.45) is 0 Å². The zero-order chi connectivity index (χ0) is 18.5. The van der Waals surface area contributed by atoms with Crippen LogP contribution in [0, 0.1) is 5.82 Å². The third kappa shape index (κ3) is 3.94. The first-order valence-corrected chi connectivity index (χ1v) is 8.72. The Morgan fingerprint density at radius 1 is 1.31 bits per heavy atom. The van der Waals surface area contributed by atoms with E-state index in [1.807, 2.05) is 5.38 Å². The van der Waals surface area contributed by atoms with Gasteiger partial charge in [0.25, 0.3) is 0 Å². The van der Waals surface area contributed by atoms with Gasteiger partial charge in [-0.3, -0.25) is 9.59 Å². The summed E-state index contributed by atoms with van der Waals surface area (Å²) < 4.78 is 15.0. The summed E-state index contributed by atoms with van der Waals surface area (Å²) in [5.41, 5.74) is 1.44. The molecule has 0 saturated carbocycles. The smallest absolute Gasteiger partial charge is 0.309 e. The largest absolute Gasteiger partial charge is 0.347 e. The Kier molecular flexibility index (Phi) is 5.37. The number of rotatable bonds is 6. The maximum Gasteiger partial charge on any atom is 0.309 e. The number of carbonyl (C=O) groups is 2. The number of carbonyl (C=O) groups excluding carboxylic acids is 2. The van der Waals surface area contributed by atoms with Crippen molar-refractivity contribution in [1.29, 1.82) is 0 Å². The van der Waals surface area contributed by atoms with Crippen molar-refractivity contribution in [1.82, 2.24) is 25.2 Å². The number of aromatic nitrogens is 3. The van der Waals surface area contributed by atoms with Gasteiger partial charge in [-0.2, -0.15) is 4.98 Å². The number of amides is 2. The van der Waals surface area contributed by atoms with Crippen molar-refractivity contribution in [2.75, 3.05) is 13.1 Å². The maximum atomic E-state index is 13.4. The van der Waals surface area contributed by atoms with Crippen molar-refractivity contribution in [2.45, 2.75) is 6.42 Å². The molecule has 0 aliphatic rings. The second-order valence-electron chi connectivity index (χ2n) is 5.37. The van der Waals surface area contributed by atoms with E-state index in [2.05, 4.69) is 27.3 Å². The number of nitrogens with zero attached hydrogens (tertiary/aromatic N) is 3. The summed E-state index contributed by atoms with van der Waals surface area (Å²) in [7, 11) is 0. The summed E-state index contributed by atoms with van der Waals surface area (Å²) in [6, 6.07) is 6.08. The first-order chi connectivity index (χ1) is 12.6. The van der Waals surface area contributed by atoms with E-state index >= 15 is 0 Å². The molecule has 0 saturated heterocycles. The highest BCUT2D eigenvalue weighted by Gasteiger charge is 2.14. The molecular formula is C17H16FN5O2S. The minimum absolute atomic E-state index is 0.235. The van der Waals surface area contributed by atoms with Crippen molar-refractivity contribution in [3.05, 3.63) is 53.8 Å². The number of halogens is 1. The van der Waals surface area contributed by atoms with Crippen LogP contribution in [0.5, 0.6) is 0 Å². The molecule has 0 bridgehead atoms. The molecule has 0 fully saturated rings. The lowest BCUT2D eigenvalue weighted by molar-refractivity contribution is -0.139. The highest BCUT2D eigenvalue weighted by atomic mass is 32.1. The average molecular weight is 373 g/mol. The first-order valence-electron chi connectivity index (χ1n) is 7.84. The third-order valence-electron chi connectivity index (χ3n) is 3.51. The lowest BCUT2D eigenvalue weighted by Crippen LogP contribution is -2.40. The fourth-order valence-corrected chi connectivity index (χ4v) is 3.13. The molecule has 2 heterocycles. The van der Waals surface area contributed by atoms with Crippen LogP contribution < -0.4 is 10.6 Å². The molecule has 0 radical (unpaired) electrons. The zero-order valence-electron chi connectivity index (χ0n) is 13.7. The molecule has 7 nitrogen and oxygen atoms in total. The molecule has 26 heavy (non-hydrogen) atoms. The van der Waals surface area contributed by atoms with Gasteiger partial charge >= 0.3 is 11.8 Å². The predicted octanol–water partition coefficient (Wildman–Crippen LogP) is 1.56. The van der Waals surface area contributed by atoms with Gasteiger partial charge in [0.2, 0.25) is 4.96 Å². The molecule has 134 valence electrons. The Hall–Kier alpha value is -3.07. The molecular weight excluding hydrogens is 357 g/mol. The zero-order valence-corrected chi connectivity index (χ0v) is 14.6. The lowest BCUT2D eigenvalue weighted by atomic mass is 10.2. The van der Waals surface area contributed by atoms with E-state index in [1.165, 1.54) is 29.5 Å². The summed E-state index contributed by atoms with van der Waals surface area (Å²) in [6.45, 7) is 3.98. The summed E-state index contributed by atoms with van der Waals surface area (Å²) in [4.78, 5) is 28.2. The van der Waals surface area contributed by atoms with E-state index in [0.717, 1.165) is 5.69 Å². The van der Waals surface area contributed by atoms with Gasteiger partial charge in [-0.15, -0.1) is 23.0 Å². The van der Waals surface area contributed by atoms with Crippen LogP contribution >= 0.6 is 11.3 Å². The van der Waals surface area contributed by atoms with Gasteiger partial charge in [-0.25, -0.2) is 8.91 Å². The van der Waals surface area contributed by atoms with Crippen molar-refractivity contribution in [3.63, 3.8) is 0 Å². The van der Waals surface area contributed by atoms with E-state index in [0.29, 0.717) is 22.8 Å². The first kappa shape index (κ1) is 17.7. The third-order valence-corrected chi connectivity index (χ3v) is 4.38. The van der Waals surface area contributed by atoms with E-state index in [1.54, 1.807) is 16.6 Å². The highest BCUT2D eigenvalue weighted by Crippen LogP contribution is 2.21. The molecule has 2 N–H and O–H groups in total. The van der Waals surface area contributed by atoms with Crippen molar-refractivity contribution >= 4 is 28.1 Å². The van der Waals surface area contributed by atoms with Crippen LogP contribution in [0.3, 0.4) is 0 Å². The fourth-order valence-electron chi connectivity index (χ4n) is 2.28.